The molecule has 2 heteroatoms. The number of para-hydroxylation sites is 1. The Morgan fingerprint density at radius 1 is 0.317 bits per heavy atom. The van der Waals surface area contributed by atoms with Crippen molar-refractivity contribution in [2.45, 2.75) is 5.92 Å². The molecule has 10 aromatic carbocycles. The third kappa shape index (κ3) is 5.83. The molecule has 63 heavy (non-hydrogen) atoms. The van der Waals surface area contributed by atoms with Gasteiger partial charge >= 0.3 is 0 Å². The third-order valence-corrected chi connectivity index (χ3v) is 18.2. The van der Waals surface area contributed by atoms with Crippen LogP contribution in [-0.2, 0) is 0 Å². The molecule has 0 spiro atoms. The van der Waals surface area contributed by atoms with E-state index in [4.69, 9.17) is 0 Å². The lowest BCUT2D eigenvalue weighted by Gasteiger charge is -2.34. The van der Waals surface area contributed by atoms with E-state index in [0.29, 0.717) is 0 Å². The zero-order chi connectivity index (χ0) is 41.7. The van der Waals surface area contributed by atoms with E-state index in [0.717, 1.165) is 0 Å². The predicted octanol–water partition coefficient (Wildman–Crippen LogP) is 12.7. The summed E-state index contributed by atoms with van der Waals surface area (Å²) >= 11 is 0. The van der Waals surface area contributed by atoms with Crippen molar-refractivity contribution in [1.29, 1.82) is 0 Å². The first-order valence-electron chi connectivity index (χ1n) is 22.0. The molecule has 1 nitrogen and oxygen atoms in total. The monoisotopic (exact) mass is 817 g/mol. The van der Waals surface area contributed by atoms with Crippen LogP contribution in [-0.4, -0.2) is 12.6 Å². The molecular weight excluding hydrogens is 775 g/mol. The van der Waals surface area contributed by atoms with E-state index in [9.17, 15) is 0 Å². The quantitative estimate of drug-likeness (QED) is 0.106. The second-order valence-electron chi connectivity index (χ2n) is 16.7. The summed E-state index contributed by atoms with van der Waals surface area (Å²) in [6.45, 7) is 0. The Morgan fingerprint density at radius 2 is 0.778 bits per heavy atom. The number of fused-ring (bicyclic) bond motifs is 6. The fraction of sp³-hybridized carbons (Fsp3) is 0.0164. The Morgan fingerprint density at radius 3 is 1.38 bits per heavy atom. The lowest BCUT2D eigenvalue weighted by Crippen LogP contribution is -2.74. The van der Waals surface area contributed by atoms with E-state index in [2.05, 4.69) is 259 Å². The first-order chi connectivity index (χ1) is 31.3. The molecule has 296 valence electrons. The van der Waals surface area contributed by atoms with Gasteiger partial charge in [-0.05, 0) is 71.8 Å². The normalized spacial score (nSPS) is 13.2. The van der Waals surface area contributed by atoms with Crippen LogP contribution in [0.3, 0.4) is 0 Å². The van der Waals surface area contributed by atoms with E-state index in [1.165, 1.54) is 98.3 Å². The molecule has 0 fully saturated rings. The maximum Gasteiger partial charge on any atom is 0.179 e. The van der Waals surface area contributed by atoms with Crippen molar-refractivity contribution < 1.29 is 0 Å². The van der Waals surface area contributed by atoms with Crippen molar-refractivity contribution in [3.05, 3.63) is 271 Å². The first-order valence-corrected chi connectivity index (χ1v) is 24.0. The molecule has 1 unspecified atom stereocenters. The van der Waals surface area contributed by atoms with Gasteiger partial charge in [0.2, 0.25) is 0 Å². The fourth-order valence-corrected chi connectivity index (χ4v) is 15.6. The van der Waals surface area contributed by atoms with Crippen LogP contribution in [0.5, 0.6) is 0 Å². The molecule has 0 aliphatic heterocycles. The molecule has 1 aliphatic rings. The average Bonchev–Trinajstić information content (AvgIpc) is 3.89. The van der Waals surface area contributed by atoms with Crippen LogP contribution < -0.4 is 20.7 Å². The molecule has 1 heterocycles. The van der Waals surface area contributed by atoms with Gasteiger partial charge in [-0.2, -0.15) is 0 Å². The maximum atomic E-state index is 2.62. The molecule has 12 rings (SSSR count). The number of rotatable bonds is 8. The Balaban J connectivity index is 1.20. The van der Waals surface area contributed by atoms with E-state index >= 15 is 0 Å². The van der Waals surface area contributed by atoms with E-state index < -0.39 is 8.07 Å². The molecule has 0 saturated heterocycles. The van der Waals surface area contributed by atoms with Crippen LogP contribution in [0.4, 0.5) is 0 Å². The average molecular weight is 818 g/mol. The minimum atomic E-state index is -2.85. The standard InChI is InChI=1S/C61H43NSi/c1-6-22-43(23-7-1)49-32-16-17-33-52(49)59-53-34-18-19-35-54(53)60-56(59)38-21-39-57(60)62-58-42-48(40-41-51(58)55-37-20-36-50(61(55)62)44-24-8-2-9-25-44)63(45-26-10-3-11-27-45,46-28-12-4-13-29-46)47-30-14-5-15-31-47/h1-42,59H. The Hall–Kier alpha value is -7.78. The molecule has 1 aliphatic carbocycles. The molecule has 1 atom stereocenters. The minimum absolute atomic E-state index is 0.0686. The lowest BCUT2D eigenvalue weighted by atomic mass is 9.84. The van der Waals surface area contributed by atoms with Gasteiger partial charge in [-0.3, -0.25) is 0 Å². The summed E-state index contributed by atoms with van der Waals surface area (Å²) in [7, 11) is -2.85. The van der Waals surface area contributed by atoms with Gasteiger partial charge in [-0.15, -0.1) is 0 Å². The Bertz CT molecular complexity index is 3330. The van der Waals surface area contributed by atoms with Crippen molar-refractivity contribution >= 4 is 50.6 Å². The largest absolute Gasteiger partial charge is 0.308 e. The summed E-state index contributed by atoms with van der Waals surface area (Å²) in [5, 5.41) is 7.95. The van der Waals surface area contributed by atoms with Gasteiger partial charge < -0.3 is 4.57 Å². The van der Waals surface area contributed by atoms with Gasteiger partial charge in [-0.1, -0.05) is 243 Å². The van der Waals surface area contributed by atoms with Crippen molar-refractivity contribution in [2.75, 3.05) is 0 Å². The summed E-state index contributed by atoms with van der Waals surface area (Å²) < 4.78 is 2.62. The summed E-state index contributed by atoms with van der Waals surface area (Å²) in [4.78, 5) is 0. The first kappa shape index (κ1) is 37.0. The summed E-state index contributed by atoms with van der Waals surface area (Å²) in [5.74, 6) is 0.0686. The highest BCUT2D eigenvalue weighted by Gasteiger charge is 2.42. The van der Waals surface area contributed by atoms with Crippen molar-refractivity contribution in [3.63, 3.8) is 0 Å². The van der Waals surface area contributed by atoms with Crippen molar-refractivity contribution in [2.24, 2.45) is 0 Å². The summed E-state index contributed by atoms with van der Waals surface area (Å²) in [6, 6.07) is 95.1. The molecular formula is C61H43NSi. The summed E-state index contributed by atoms with van der Waals surface area (Å²) in [6.07, 6.45) is 0. The van der Waals surface area contributed by atoms with E-state index in [-0.39, 0.29) is 5.92 Å². The van der Waals surface area contributed by atoms with Gasteiger partial charge in [0.25, 0.3) is 0 Å². The van der Waals surface area contributed by atoms with Gasteiger partial charge in [0.05, 0.1) is 16.7 Å². The van der Waals surface area contributed by atoms with Gasteiger partial charge in [0.1, 0.15) is 0 Å². The van der Waals surface area contributed by atoms with Gasteiger partial charge in [-0.25, -0.2) is 0 Å². The predicted molar refractivity (Wildman–Crippen MR) is 268 cm³/mol. The number of hydrogen-bond acceptors (Lipinski definition) is 0. The fourth-order valence-electron chi connectivity index (χ4n) is 10.9. The molecule has 1 aromatic heterocycles. The molecule has 0 amide bonds. The van der Waals surface area contributed by atoms with Crippen molar-refractivity contribution in [3.8, 4) is 39.1 Å². The molecule has 0 saturated carbocycles. The van der Waals surface area contributed by atoms with Crippen LogP contribution in [0, 0.1) is 0 Å². The van der Waals surface area contributed by atoms with Crippen LogP contribution in [0.2, 0.25) is 0 Å². The van der Waals surface area contributed by atoms with Gasteiger partial charge in [0.15, 0.2) is 8.07 Å². The Kier molecular flexibility index (Phi) is 8.98. The second-order valence-corrected chi connectivity index (χ2v) is 20.5. The van der Waals surface area contributed by atoms with Crippen LogP contribution in [0.1, 0.15) is 22.6 Å². The number of aromatic nitrogens is 1. The van der Waals surface area contributed by atoms with Crippen LogP contribution in [0.15, 0.2) is 255 Å². The van der Waals surface area contributed by atoms with Crippen LogP contribution >= 0.6 is 0 Å². The molecule has 0 N–H and O–H groups in total. The smallest absolute Gasteiger partial charge is 0.179 e. The SMILES string of the molecule is c1ccc(-c2ccccc2C2c3ccccc3-c3c2cccc3-n2c3cc([Si](c4ccccc4)(c4ccccc4)c4ccccc4)ccc3c3cccc(-c4ccccc4)c32)cc1. The topological polar surface area (TPSA) is 4.93 Å². The number of nitrogens with zero attached hydrogens (tertiary/aromatic N) is 1. The summed E-state index contributed by atoms with van der Waals surface area (Å²) in [5.41, 5.74) is 15.2. The second kappa shape index (κ2) is 15.3. The maximum absolute atomic E-state index is 2.85. The van der Waals surface area contributed by atoms with Crippen molar-refractivity contribution in [1.82, 2.24) is 4.57 Å². The van der Waals surface area contributed by atoms with E-state index in [1.807, 2.05) is 0 Å². The molecule has 0 radical (unpaired) electrons. The zero-order valence-electron chi connectivity index (χ0n) is 34.8. The molecule has 0 bridgehead atoms. The number of hydrogen-bond donors (Lipinski definition) is 0. The van der Waals surface area contributed by atoms with Crippen LogP contribution in [0.25, 0.3) is 60.9 Å². The minimum Gasteiger partial charge on any atom is -0.308 e. The third-order valence-electron chi connectivity index (χ3n) is 13.5. The highest BCUT2D eigenvalue weighted by molar-refractivity contribution is 7.20. The van der Waals surface area contributed by atoms with E-state index in [1.54, 1.807) is 0 Å². The Labute approximate surface area is 369 Å². The zero-order valence-corrected chi connectivity index (χ0v) is 35.8. The number of benzene rings is 10. The molecule has 11 aromatic rings. The van der Waals surface area contributed by atoms with Gasteiger partial charge in [0, 0.05) is 27.8 Å². The highest BCUT2D eigenvalue weighted by atomic mass is 28.3. The highest BCUT2D eigenvalue weighted by Crippen LogP contribution is 2.53. The lowest BCUT2D eigenvalue weighted by molar-refractivity contribution is 1.01.